The van der Waals surface area contributed by atoms with Gasteiger partial charge in [-0.2, -0.15) is 0 Å². The van der Waals surface area contributed by atoms with E-state index in [9.17, 15) is 4.79 Å². The number of nitrogens with zero attached hydrogens (tertiary/aromatic N) is 1. The largest absolute Gasteiger partial charge is 0.458 e. The van der Waals surface area contributed by atoms with Gasteiger partial charge in [-0.05, 0) is 54.3 Å². The van der Waals surface area contributed by atoms with Crippen LogP contribution in [0, 0.1) is 0 Å². The lowest BCUT2D eigenvalue weighted by atomic mass is 9.93. The lowest BCUT2D eigenvalue weighted by Gasteiger charge is -2.24. The number of ether oxygens (including phenoxy) is 1. The maximum atomic E-state index is 12.5. The Hall–Kier alpha value is -3.04. The van der Waals surface area contributed by atoms with E-state index in [0.717, 1.165) is 30.8 Å². The van der Waals surface area contributed by atoms with Crippen molar-refractivity contribution in [2.75, 3.05) is 0 Å². The molecule has 3 nitrogen and oxygen atoms in total. The van der Waals surface area contributed by atoms with Crippen LogP contribution in [0.1, 0.15) is 33.6 Å². The van der Waals surface area contributed by atoms with Crippen molar-refractivity contribution in [3.63, 3.8) is 0 Å². The molecule has 1 atom stereocenters. The monoisotopic (exact) mass is 415 g/mol. The highest BCUT2D eigenvalue weighted by atomic mass is 35.5. The van der Waals surface area contributed by atoms with Crippen LogP contribution in [-0.2, 0) is 24.1 Å². The number of rotatable bonds is 4. The normalized spacial score (nSPS) is 15.7. The Morgan fingerprint density at radius 1 is 0.967 bits per heavy atom. The van der Waals surface area contributed by atoms with E-state index in [1.807, 2.05) is 30.3 Å². The molecule has 0 amide bonds. The minimum atomic E-state index is -0.242. The van der Waals surface area contributed by atoms with Crippen LogP contribution in [0.25, 0.3) is 10.9 Å². The first kappa shape index (κ1) is 19.0. The quantitative estimate of drug-likeness (QED) is 0.379. The average Bonchev–Trinajstić information content (AvgIpc) is 3.09. The summed E-state index contributed by atoms with van der Waals surface area (Å²) in [5.74, 6) is -0.242. The van der Waals surface area contributed by atoms with Gasteiger partial charge in [0.1, 0.15) is 6.10 Å². The Morgan fingerprint density at radius 3 is 2.50 bits per heavy atom. The van der Waals surface area contributed by atoms with Gasteiger partial charge in [-0.3, -0.25) is 0 Å². The first-order valence-electron chi connectivity index (χ1n) is 10.3. The van der Waals surface area contributed by atoms with E-state index in [-0.39, 0.29) is 12.1 Å². The van der Waals surface area contributed by atoms with Gasteiger partial charge in [0.05, 0.1) is 5.56 Å². The number of halogens is 1. The van der Waals surface area contributed by atoms with Crippen molar-refractivity contribution in [1.29, 1.82) is 0 Å². The summed E-state index contributed by atoms with van der Waals surface area (Å²) in [4.78, 5) is 12.5. The minimum Gasteiger partial charge on any atom is -0.458 e. The Kier molecular flexibility index (Phi) is 5.06. The molecule has 1 aliphatic rings. The molecule has 0 radical (unpaired) electrons. The standard InChI is InChI=1S/C26H22ClNO2/c27-20-12-10-18(11-13-20)17-28-24-9-5-4-8-22(24)23-16-21(14-15-25(23)28)30-26(29)19-6-2-1-3-7-19/h1-13,21H,14-17H2. The van der Waals surface area contributed by atoms with E-state index in [4.69, 9.17) is 16.3 Å². The summed E-state index contributed by atoms with van der Waals surface area (Å²) in [5.41, 5.74) is 5.70. The zero-order valence-electron chi connectivity index (χ0n) is 16.6. The molecule has 0 saturated carbocycles. The zero-order valence-corrected chi connectivity index (χ0v) is 17.3. The molecule has 0 bridgehead atoms. The minimum absolute atomic E-state index is 0.0972. The Balaban J connectivity index is 1.44. The topological polar surface area (TPSA) is 31.2 Å². The third kappa shape index (κ3) is 3.61. The SMILES string of the molecule is O=C(OC1CCc2c(c3ccccc3n2Cc2ccc(Cl)cc2)C1)c1ccccc1. The molecule has 3 aromatic carbocycles. The van der Waals surface area contributed by atoms with Crippen LogP contribution in [0.4, 0.5) is 0 Å². The van der Waals surface area contributed by atoms with Crippen LogP contribution < -0.4 is 0 Å². The van der Waals surface area contributed by atoms with E-state index < -0.39 is 0 Å². The van der Waals surface area contributed by atoms with Crippen molar-refractivity contribution < 1.29 is 9.53 Å². The van der Waals surface area contributed by atoms with E-state index >= 15 is 0 Å². The maximum absolute atomic E-state index is 12.5. The summed E-state index contributed by atoms with van der Waals surface area (Å²) in [6.07, 6.45) is 2.38. The number of hydrogen-bond donors (Lipinski definition) is 0. The highest BCUT2D eigenvalue weighted by Gasteiger charge is 2.27. The molecule has 5 rings (SSSR count). The summed E-state index contributed by atoms with van der Waals surface area (Å²) < 4.78 is 8.27. The first-order chi connectivity index (χ1) is 14.7. The van der Waals surface area contributed by atoms with Crippen LogP contribution in [0.15, 0.2) is 78.9 Å². The van der Waals surface area contributed by atoms with Crippen LogP contribution in [0.5, 0.6) is 0 Å². The molecule has 0 fully saturated rings. The fourth-order valence-corrected chi connectivity index (χ4v) is 4.54. The van der Waals surface area contributed by atoms with Gasteiger partial charge in [0.25, 0.3) is 0 Å². The average molecular weight is 416 g/mol. The molecular weight excluding hydrogens is 394 g/mol. The second-order valence-corrected chi connectivity index (χ2v) is 8.23. The Morgan fingerprint density at radius 2 is 1.70 bits per heavy atom. The van der Waals surface area contributed by atoms with Crippen molar-refractivity contribution in [2.45, 2.75) is 31.9 Å². The number of esters is 1. The number of aromatic nitrogens is 1. The fourth-order valence-electron chi connectivity index (χ4n) is 4.42. The predicted molar refractivity (Wildman–Crippen MR) is 120 cm³/mol. The Labute approximate surface area is 180 Å². The van der Waals surface area contributed by atoms with Crippen LogP contribution in [-0.4, -0.2) is 16.6 Å². The predicted octanol–water partition coefficient (Wildman–Crippen LogP) is 6.06. The van der Waals surface area contributed by atoms with Crippen LogP contribution in [0.2, 0.25) is 5.02 Å². The summed E-state index contributed by atoms with van der Waals surface area (Å²) in [6.45, 7) is 0.807. The molecule has 1 aromatic heterocycles. The summed E-state index contributed by atoms with van der Waals surface area (Å²) in [7, 11) is 0. The molecule has 30 heavy (non-hydrogen) atoms. The number of hydrogen-bond acceptors (Lipinski definition) is 2. The molecule has 150 valence electrons. The molecule has 0 N–H and O–H groups in total. The highest BCUT2D eigenvalue weighted by molar-refractivity contribution is 6.30. The first-order valence-corrected chi connectivity index (χ1v) is 10.7. The Bertz CT molecular complexity index is 1200. The second-order valence-electron chi connectivity index (χ2n) is 7.79. The molecule has 1 aliphatic carbocycles. The third-order valence-corrected chi connectivity index (χ3v) is 6.12. The number of para-hydroxylation sites is 1. The van der Waals surface area contributed by atoms with Crippen molar-refractivity contribution in [3.05, 3.63) is 106 Å². The summed E-state index contributed by atoms with van der Waals surface area (Å²) >= 11 is 6.06. The van der Waals surface area contributed by atoms with Gasteiger partial charge >= 0.3 is 5.97 Å². The lowest BCUT2D eigenvalue weighted by Crippen LogP contribution is -2.26. The van der Waals surface area contributed by atoms with Crippen LogP contribution in [0.3, 0.4) is 0 Å². The molecule has 0 aliphatic heterocycles. The fraction of sp³-hybridized carbons (Fsp3) is 0.192. The highest BCUT2D eigenvalue weighted by Crippen LogP contribution is 2.34. The maximum Gasteiger partial charge on any atom is 0.338 e. The lowest BCUT2D eigenvalue weighted by molar-refractivity contribution is 0.0270. The van der Waals surface area contributed by atoms with Crippen molar-refractivity contribution >= 4 is 28.5 Å². The molecule has 4 aromatic rings. The molecule has 0 saturated heterocycles. The van der Waals surface area contributed by atoms with Crippen molar-refractivity contribution in [3.8, 4) is 0 Å². The number of fused-ring (bicyclic) bond motifs is 3. The molecule has 1 unspecified atom stereocenters. The second kappa shape index (κ2) is 8.00. The van der Waals surface area contributed by atoms with Crippen molar-refractivity contribution in [1.82, 2.24) is 4.57 Å². The number of benzene rings is 3. The summed E-state index contributed by atoms with van der Waals surface area (Å²) in [6, 6.07) is 25.8. The van der Waals surface area contributed by atoms with Gasteiger partial charge < -0.3 is 9.30 Å². The van der Waals surface area contributed by atoms with Crippen LogP contribution >= 0.6 is 11.6 Å². The van der Waals surface area contributed by atoms with Gasteiger partial charge in [0, 0.05) is 34.6 Å². The molecule has 1 heterocycles. The summed E-state index contributed by atoms with van der Waals surface area (Å²) in [5, 5.41) is 2.00. The smallest absolute Gasteiger partial charge is 0.338 e. The van der Waals surface area contributed by atoms with E-state index in [0.29, 0.717) is 5.56 Å². The third-order valence-electron chi connectivity index (χ3n) is 5.87. The number of carbonyl (C=O) groups excluding carboxylic acids is 1. The van der Waals surface area contributed by atoms with Crippen molar-refractivity contribution in [2.24, 2.45) is 0 Å². The zero-order chi connectivity index (χ0) is 20.5. The van der Waals surface area contributed by atoms with Gasteiger partial charge in [-0.1, -0.05) is 60.1 Å². The number of carbonyl (C=O) groups is 1. The van der Waals surface area contributed by atoms with E-state index in [1.54, 1.807) is 12.1 Å². The molecular formula is C26H22ClNO2. The molecule has 0 spiro atoms. The van der Waals surface area contributed by atoms with E-state index in [2.05, 4.69) is 41.0 Å². The van der Waals surface area contributed by atoms with Gasteiger partial charge in [-0.25, -0.2) is 4.79 Å². The van der Waals surface area contributed by atoms with Gasteiger partial charge in [0.2, 0.25) is 0 Å². The van der Waals surface area contributed by atoms with E-state index in [1.165, 1.54) is 27.7 Å². The van der Waals surface area contributed by atoms with Gasteiger partial charge in [-0.15, -0.1) is 0 Å². The molecule has 4 heteroatoms. The van der Waals surface area contributed by atoms with Gasteiger partial charge in [0.15, 0.2) is 0 Å².